The lowest BCUT2D eigenvalue weighted by atomic mass is 9.83. The Morgan fingerprint density at radius 2 is 1.79 bits per heavy atom. The Morgan fingerprint density at radius 3 is 2.45 bits per heavy atom. The summed E-state index contributed by atoms with van der Waals surface area (Å²) in [7, 11) is 0. The van der Waals surface area contributed by atoms with Gasteiger partial charge in [0.25, 0.3) is 0 Å². The molecule has 158 valence electrons. The van der Waals surface area contributed by atoms with Crippen LogP contribution in [0.1, 0.15) is 63.9 Å². The van der Waals surface area contributed by atoms with E-state index in [0.29, 0.717) is 6.04 Å². The van der Waals surface area contributed by atoms with E-state index in [1.165, 1.54) is 18.4 Å². The van der Waals surface area contributed by atoms with Crippen LogP contribution in [0.3, 0.4) is 0 Å². The fourth-order valence-corrected chi connectivity index (χ4v) is 5.36. The highest BCUT2D eigenvalue weighted by molar-refractivity contribution is 6.30. The summed E-state index contributed by atoms with van der Waals surface area (Å²) in [6, 6.07) is 8.84. The van der Waals surface area contributed by atoms with E-state index >= 15 is 0 Å². The average molecular weight is 416 g/mol. The highest BCUT2D eigenvalue weighted by Crippen LogP contribution is 2.40. The van der Waals surface area contributed by atoms with Crippen LogP contribution < -0.4 is 0 Å². The van der Waals surface area contributed by atoms with Crippen LogP contribution in [0.2, 0.25) is 5.02 Å². The Morgan fingerprint density at radius 1 is 1.10 bits per heavy atom. The van der Waals surface area contributed by atoms with Crippen molar-refractivity contribution in [3.05, 3.63) is 47.1 Å². The molecule has 2 aliphatic heterocycles. The number of carbonyl (C=O) groups is 1. The molecule has 5 heteroatoms. The van der Waals surface area contributed by atoms with E-state index in [9.17, 15) is 4.79 Å². The molecule has 0 unspecified atom stereocenters. The van der Waals surface area contributed by atoms with E-state index in [4.69, 9.17) is 11.6 Å². The van der Waals surface area contributed by atoms with E-state index in [1.807, 2.05) is 17.0 Å². The van der Waals surface area contributed by atoms with Gasteiger partial charge in [0.1, 0.15) is 0 Å². The van der Waals surface area contributed by atoms with Crippen LogP contribution in [-0.2, 0) is 6.54 Å². The van der Waals surface area contributed by atoms with Gasteiger partial charge >= 0.3 is 6.03 Å². The van der Waals surface area contributed by atoms with Gasteiger partial charge in [-0.3, -0.25) is 4.90 Å². The Labute approximate surface area is 180 Å². The van der Waals surface area contributed by atoms with E-state index in [2.05, 4.69) is 41.1 Å². The second-order valence-corrected chi connectivity index (χ2v) is 9.40. The lowest BCUT2D eigenvalue weighted by Crippen LogP contribution is -2.63. The molecule has 1 saturated heterocycles. The molecular formula is C24H34ClN3O. The summed E-state index contributed by atoms with van der Waals surface area (Å²) in [4.78, 5) is 20.3. The number of hydrogen-bond donors (Lipinski definition) is 0. The Kier molecular flexibility index (Phi) is 6.50. The number of likely N-dealkylation sites (tertiary alicyclic amines) is 1. The third-order valence-electron chi connectivity index (χ3n) is 6.98. The van der Waals surface area contributed by atoms with Crippen molar-refractivity contribution < 1.29 is 4.79 Å². The summed E-state index contributed by atoms with van der Waals surface area (Å²) in [6.07, 6.45) is 13.5. The first-order valence-corrected chi connectivity index (χ1v) is 11.8. The summed E-state index contributed by atoms with van der Waals surface area (Å²) < 4.78 is 0. The van der Waals surface area contributed by atoms with Gasteiger partial charge < -0.3 is 9.80 Å². The van der Waals surface area contributed by atoms with Crippen molar-refractivity contribution >= 4 is 17.6 Å². The molecule has 3 aliphatic rings. The zero-order valence-electron chi connectivity index (χ0n) is 17.7. The zero-order chi connectivity index (χ0) is 20.3. The minimum absolute atomic E-state index is 0.0920. The van der Waals surface area contributed by atoms with Gasteiger partial charge in [-0.05, 0) is 55.9 Å². The summed E-state index contributed by atoms with van der Waals surface area (Å²) in [5.74, 6) is 0. The van der Waals surface area contributed by atoms with Crippen LogP contribution in [0.4, 0.5) is 4.79 Å². The Balaban J connectivity index is 1.47. The lowest BCUT2D eigenvalue weighted by molar-refractivity contribution is 0.0304. The molecule has 2 amide bonds. The molecule has 4 nitrogen and oxygen atoms in total. The van der Waals surface area contributed by atoms with Gasteiger partial charge in [-0.1, -0.05) is 49.9 Å². The highest BCUT2D eigenvalue weighted by Gasteiger charge is 2.47. The maximum absolute atomic E-state index is 13.5. The molecule has 0 bridgehead atoms. The quantitative estimate of drug-likeness (QED) is 0.598. The van der Waals surface area contributed by atoms with Crippen molar-refractivity contribution in [3.8, 4) is 0 Å². The van der Waals surface area contributed by atoms with Crippen LogP contribution in [0.25, 0.3) is 0 Å². The fourth-order valence-electron chi connectivity index (χ4n) is 5.24. The third-order valence-corrected chi connectivity index (χ3v) is 7.23. The minimum atomic E-state index is -0.0920. The van der Waals surface area contributed by atoms with E-state index < -0.39 is 0 Å². The molecular weight excluding hydrogens is 382 g/mol. The number of rotatable bonds is 6. The molecule has 2 heterocycles. The smallest absolute Gasteiger partial charge is 0.312 e. The van der Waals surface area contributed by atoms with Gasteiger partial charge in [0.05, 0.1) is 5.54 Å². The van der Waals surface area contributed by atoms with Crippen LogP contribution in [0.5, 0.6) is 0 Å². The molecule has 0 radical (unpaired) electrons. The van der Waals surface area contributed by atoms with Crippen molar-refractivity contribution in [1.29, 1.82) is 0 Å². The predicted molar refractivity (Wildman–Crippen MR) is 119 cm³/mol. The molecule has 1 saturated carbocycles. The van der Waals surface area contributed by atoms with E-state index in [1.54, 1.807) is 0 Å². The summed E-state index contributed by atoms with van der Waals surface area (Å²) in [5, 5.41) is 0.789. The maximum atomic E-state index is 13.5. The largest absolute Gasteiger partial charge is 0.324 e. The lowest BCUT2D eigenvalue weighted by Gasteiger charge is -2.53. The van der Waals surface area contributed by atoms with Gasteiger partial charge in [0.15, 0.2) is 0 Å². The van der Waals surface area contributed by atoms with Crippen LogP contribution in [0, 0.1) is 0 Å². The SMILES string of the molecule is CCCCN1C=CC2(CCN(Cc3ccc(Cl)cc3)CC2)N(C2CCCC2)C1=O. The van der Waals surface area contributed by atoms with Gasteiger partial charge in [-0.15, -0.1) is 0 Å². The monoisotopic (exact) mass is 415 g/mol. The Bertz CT molecular complexity index is 718. The van der Waals surface area contributed by atoms with Crippen LogP contribution in [-0.4, -0.2) is 51.9 Å². The molecule has 0 atom stereocenters. The number of urea groups is 1. The van der Waals surface area contributed by atoms with E-state index in [0.717, 1.165) is 69.7 Å². The summed E-state index contributed by atoms with van der Waals surface area (Å²) in [6.45, 7) is 6.03. The highest BCUT2D eigenvalue weighted by atomic mass is 35.5. The van der Waals surface area contributed by atoms with Crippen molar-refractivity contribution in [2.24, 2.45) is 0 Å². The first-order valence-electron chi connectivity index (χ1n) is 11.4. The predicted octanol–water partition coefficient (Wildman–Crippen LogP) is 5.67. The number of piperidine rings is 1. The van der Waals surface area contributed by atoms with Crippen molar-refractivity contribution in [2.75, 3.05) is 19.6 Å². The number of unbranched alkanes of at least 4 members (excludes halogenated alkanes) is 1. The zero-order valence-corrected chi connectivity index (χ0v) is 18.4. The first kappa shape index (κ1) is 20.7. The van der Waals surface area contributed by atoms with Crippen LogP contribution in [0.15, 0.2) is 36.5 Å². The number of nitrogens with zero attached hydrogens (tertiary/aromatic N) is 3. The van der Waals surface area contributed by atoms with Gasteiger partial charge in [0.2, 0.25) is 0 Å². The summed E-state index contributed by atoms with van der Waals surface area (Å²) in [5.41, 5.74) is 1.21. The number of halogens is 1. The topological polar surface area (TPSA) is 26.8 Å². The Hall–Kier alpha value is -1.52. The normalized spacial score (nSPS) is 22.8. The van der Waals surface area contributed by atoms with E-state index in [-0.39, 0.29) is 11.6 Å². The minimum Gasteiger partial charge on any atom is -0.312 e. The number of amides is 2. The van der Waals surface area contributed by atoms with Crippen molar-refractivity contribution in [3.63, 3.8) is 0 Å². The fraction of sp³-hybridized carbons (Fsp3) is 0.625. The maximum Gasteiger partial charge on any atom is 0.324 e. The standard InChI is InChI=1S/C24H34ClN3O/c1-2-3-15-27-18-14-24(28(23(27)29)22-6-4-5-7-22)12-16-26(17-13-24)19-20-8-10-21(25)11-9-20/h8-11,14,18,22H,2-7,12-13,15-17,19H2,1H3. The number of hydrogen-bond acceptors (Lipinski definition) is 2. The van der Waals surface area contributed by atoms with Crippen molar-refractivity contribution in [1.82, 2.24) is 14.7 Å². The van der Waals surface area contributed by atoms with Crippen molar-refractivity contribution in [2.45, 2.75) is 76.4 Å². The molecule has 0 N–H and O–H groups in total. The molecule has 29 heavy (non-hydrogen) atoms. The van der Waals surface area contributed by atoms with Crippen LogP contribution >= 0.6 is 11.6 Å². The molecule has 2 fully saturated rings. The van der Waals surface area contributed by atoms with Gasteiger partial charge in [0, 0.05) is 43.4 Å². The first-order chi connectivity index (χ1) is 14.1. The molecule has 1 aliphatic carbocycles. The number of carbonyl (C=O) groups excluding carboxylic acids is 1. The van der Waals surface area contributed by atoms with Gasteiger partial charge in [-0.25, -0.2) is 4.79 Å². The molecule has 4 rings (SSSR count). The molecule has 0 aromatic heterocycles. The number of benzene rings is 1. The summed E-state index contributed by atoms with van der Waals surface area (Å²) >= 11 is 6.02. The second-order valence-electron chi connectivity index (χ2n) is 8.96. The average Bonchev–Trinajstić information content (AvgIpc) is 3.25. The molecule has 1 aromatic carbocycles. The molecule has 1 aromatic rings. The molecule has 1 spiro atoms. The third kappa shape index (κ3) is 4.49. The second kappa shape index (κ2) is 9.09. The van der Waals surface area contributed by atoms with Gasteiger partial charge in [-0.2, -0.15) is 0 Å².